The summed E-state index contributed by atoms with van der Waals surface area (Å²) in [4.78, 5) is 24.3. The zero-order valence-corrected chi connectivity index (χ0v) is 13.7. The van der Waals surface area contributed by atoms with Gasteiger partial charge >= 0.3 is 5.97 Å². The fraction of sp³-hybridized carbons (Fsp3) is 0.429. The summed E-state index contributed by atoms with van der Waals surface area (Å²) in [5.41, 5.74) is 0. The monoisotopic (exact) mass is 349 g/mol. The molecule has 1 unspecified atom stereocenters. The number of carbonyl (C=O) groups is 2. The molecule has 0 saturated carbocycles. The van der Waals surface area contributed by atoms with Gasteiger partial charge in [0.05, 0.1) is 11.6 Å². The van der Waals surface area contributed by atoms with E-state index in [1.807, 2.05) is 0 Å². The highest BCUT2D eigenvalue weighted by molar-refractivity contribution is 6.35. The maximum Gasteiger partial charge on any atom is 0.323 e. The minimum atomic E-state index is -1.11. The van der Waals surface area contributed by atoms with E-state index in [9.17, 15) is 9.59 Å². The predicted molar refractivity (Wildman–Crippen MR) is 82.6 cm³/mol. The topological polar surface area (TPSA) is 76.1 Å². The van der Waals surface area contributed by atoms with Gasteiger partial charge in [-0.05, 0) is 25.1 Å². The average molecular weight is 350 g/mol. The van der Waals surface area contributed by atoms with E-state index >= 15 is 0 Å². The Morgan fingerprint density at radius 1 is 1.36 bits per heavy atom. The first-order chi connectivity index (χ1) is 10.3. The first kappa shape index (κ1) is 18.5. The molecule has 122 valence electrons. The van der Waals surface area contributed by atoms with Crippen molar-refractivity contribution in [1.82, 2.24) is 4.90 Å². The third-order valence-electron chi connectivity index (χ3n) is 2.75. The quantitative estimate of drug-likeness (QED) is 0.779. The standard InChI is InChI=1S/C14H17Cl2NO5/c1-9(22-12-4-3-10(15)7-11(12)16)14(20)17(5-6-21-2)8-13(18)19/h3-4,7,9H,5-6,8H2,1-2H3,(H,18,19). The van der Waals surface area contributed by atoms with E-state index in [4.69, 9.17) is 37.8 Å². The molecular formula is C14H17Cl2NO5. The van der Waals surface area contributed by atoms with Gasteiger partial charge in [-0.2, -0.15) is 0 Å². The Bertz CT molecular complexity index is 538. The Kier molecular flexibility index (Phi) is 7.44. The van der Waals surface area contributed by atoms with Gasteiger partial charge in [0.1, 0.15) is 12.3 Å². The van der Waals surface area contributed by atoms with Crippen LogP contribution in [0.4, 0.5) is 0 Å². The molecule has 1 aromatic rings. The van der Waals surface area contributed by atoms with E-state index in [0.29, 0.717) is 10.8 Å². The van der Waals surface area contributed by atoms with Gasteiger partial charge in [-0.1, -0.05) is 23.2 Å². The third kappa shape index (κ3) is 5.71. The number of carbonyl (C=O) groups excluding carboxylic acids is 1. The molecule has 1 aromatic carbocycles. The van der Waals surface area contributed by atoms with Gasteiger partial charge in [0.25, 0.3) is 5.91 Å². The molecule has 0 aromatic heterocycles. The summed E-state index contributed by atoms with van der Waals surface area (Å²) in [6.07, 6.45) is -0.894. The van der Waals surface area contributed by atoms with Gasteiger partial charge < -0.3 is 19.5 Å². The van der Waals surface area contributed by atoms with Gasteiger partial charge in [-0.25, -0.2) is 0 Å². The van der Waals surface area contributed by atoms with Crippen LogP contribution in [0.2, 0.25) is 10.0 Å². The van der Waals surface area contributed by atoms with Gasteiger partial charge in [0, 0.05) is 18.7 Å². The SMILES string of the molecule is COCCN(CC(=O)O)C(=O)C(C)Oc1ccc(Cl)cc1Cl. The number of aliphatic carboxylic acids is 1. The van der Waals surface area contributed by atoms with Crippen molar-refractivity contribution in [3.05, 3.63) is 28.2 Å². The minimum absolute atomic E-state index is 0.156. The Balaban J connectivity index is 2.77. The highest BCUT2D eigenvalue weighted by Gasteiger charge is 2.24. The summed E-state index contributed by atoms with van der Waals surface area (Å²) in [6.45, 7) is 1.48. The van der Waals surface area contributed by atoms with Gasteiger partial charge in [0.2, 0.25) is 0 Å². The van der Waals surface area contributed by atoms with Crippen molar-refractivity contribution in [2.24, 2.45) is 0 Å². The predicted octanol–water partition coefficient (Wildman–Crippen LogP) is 2.32. The number of amides is 1. The molecule has 0 bridgehead atoms. The van der Waals surface area contributed by atoms with E-state index in [1.165, 1.54) is 20.1 Å². The molecule has 1 amide bonds. The van der Waals surface area contributed by atoms with Crippen LogP contribution in [0.15, 0.2) is 18.2 Å². The maximum absolute atomic E-state index is 12.3. The van der Waals surface area contributed by atoms with Gasteiger partial charge in [-0.3, -0.25) is 9.59 Å². The van der Waals surface area contributed by atoms with Gasteiger partial charge in [-0.15, -0.1) is 0 Å². The van der Waals surface area contributed by atoms with Crippen molar-refractivity contribution in [1.29, 1.82) is 0 Å². The summed E-state index contributed by atoms with van der Waals surface area (Å²) in [5.74, 6) is -1.28. The first-order valence-electron chi connectivity index (χ1n) is 6.46. The number of halogens is 2. The molecule has 6 nitrogen and oxygen atoms in total. The summed E-state index contributed by atoms with van der Waals surface area (Å²) in [5, 5.41) is 9.59. The molecule has 0 radical (unpaired) electrons. The van der Waals surface area contributed by atoms with Crippen LogP contribution in [-0.2, 0) is 14.3 Å². The van der Waals surface area contributed by atoms with Crippen LogP contribution in [0.1, 0.15) is 6.92 Å². The second kappa shape index (κ2) is 8.82. The lowest BCUT2D eigenvalue weighted by atomic mass is 10.3. The van der Waals surface area contributed by atoms with Crippen molar-refractivity contribution < 1.29 is 24.2 Å². The third-order valence-corrected chi connectivity index (χ3v) is 3.28. The van der Waals surface area contributed by atoms with E-state index in [1.54, 1.807) is 12.1 Å². The van der Waals surface area contributed by atoms with Crippen LogP contribution in [0.5, 0.6) is 5.75 Å². The Morgan fingerprint density at radius 2 is 2.05 bits per heavy atom. The average Bonchev–Trinajstić information content (AvgIpc) is 2.45. The van der Waals surface area contributed by atoms with Crippen molar-refractivity contribution in [3.8, 4) is 5.75 Å². The zero-order chi connectivity index (χ0) is 16.7. The lowest BCUT2D eigenvalue weighted by Gasteiger charge is -2.24. The van der Waals surface area contributed by atoms with E-state index in [0.717, 1.165) is 4.90 Å². The number of hydrogen-bond donors (Lipinski definition) is 1. The van der Waals surface area contributed by atoms with Crippen molar-refractivity contribution >= 4 is 35.1 Å². The second-order valence-corrected chi connectivity index (χ2v) is 5.32. The summed E-state index contributed by atoms with van der Waals surface area (Å²) >= 11 is 11.8. The molecule has 22 heavy (non-hydrogen) atoms. The highest BCUT2D eigenvalue weighted by Crippen LogP contribution is 2.28. The molecule has 1 N–H and O–H groups in total. The van der Waals surface area contributed by atoms with Gasteiger partial charge in [0.15, 0.2) is 6.10 Å². The molecule has 8 heteroatoms. The highest BCUT2D eigenvalue weighted by atomic mass is 35.5. The van der Waals surface area contributed by atoms with Crippen molar-refractivity contribution in [2.75, 3.05) is 26.8 Å². The van der Waals surface area contributed by atoms with Crippen LogP contribution < -0.4 is 4.74 Å². The van der Waals surface area contributed by atoms with Crippen LogP contribution in [-0.4, -0.2) is 54.8 Å². The summed E-state index contributed by atoms with van der Waals surface area (Å²) in [7, 11) is 1.47. The van der Waals surface area contributed by atoms with E-state index < -0.39 is 24.5 Å². The van der Waals surface area contributed by atoms with E-state index in [2.05, 4.69) is 0 Å². The first-order valence-corrected chi connectivity index (χ1v) is 7.22. The number of benzene rings is 1. The number of rotatable bonds is 8. The number of nitrogens with zero attached hydrogens (tertiary/aromatic N) is 1. The van der Waals surface area contributed by atoms with E-state index in [-0.39, 0.29) is 18.2 Å². The number of hydrogen-bond acceptors (Lipinski definition) is 4. The molecule has 0 spiro atoms. The number of methoxy groups -OCH3 is 1. The maximum atomic E-state index is 12.3. The molecule has 1 atom stereocenters. The zero-order valence-electron chi connectivity index (χ0n) is 12.2. The largest absolute Gasteiger partial charge is 0.480 e. The molecule has 0 aliphatic rings. The number of carboxylic acids is 1. The lowest BCUT2D eigenvalue weighted by molar-refractivity contribution is -0.148. The molecule has 1 rings (SSSR count). The van der Waals surface area contributed by atoms with Crippen LogP contribution in [0, 0.1) is 0 Å². The Labute approximate surface area is 138 Å². The lowest BCUT2D eigenvalue weighted by Crippen LogP contribution is -2.44. The second-order valence-electron chi connectivity index (χ2n) is 4.48. The molecule has 0 aliphatic heterocycles. The van der Waals surface area contributed by atoms with Crippen LogP contribution in [0.25, 0.3) is 0 Å². The molecule has 0 heterocycles. The summed E-state index contributed by atoms with van der Waals surface area (Å²) < 4.78 is 10.4. The fourth-order valence-electron chi connectivity index (χ4n) is 1.70. The number of carboxylic acid groups (broad SMARTS) is 1. The Hall–Kier alpha value is -1.50. The van der Waals surface area contributed by atoms with Crippen LogP contribution in [0.3, 0.4) is 0 Å². The Morgan fingerprint density at radius 3 is 2.59 bits per heavy atom. The molecular weight excluding hydrogens is 333 g/mol. The molecule has 0 saturated heterocycles. The minimum Gasteiger partial charge on any atom is -0.480 e. The molecule has 0 aliphatic carbocycles. The number of ether oxygens (including phenoxy) is 2. The summed E-state index contributed by atoms with van der Waals surface area (Å²) in [6, 6.07) is 4.63. The van der Waals surface area contributed by atoms with Crippen molar-refractivity contribution in [3.63, 3.8) is 0 Å². The fourth-order valence-corrected chi connectivity index (χ4v) is 2.15. The van der Waals surface area contributed by atoms with Crippen LogP contribution >= 0.6 is 23.2 Å². The van der Waals surface area contributed by atoms with Crippen molar-refractivity contribution in [2.45, 2.75) is 13.0 Å². The normalized spacial score (nSPS) is 11.8. The smallest absolute Gasteiger partial charge is 0.323 e. The molecule has 0 fully saturated rings.